The number of aryl methyl sites for hydroxylation is 1. The molecule has 0 bridgehead atoms. The number of hydrogen-bond donors (Lipinski definition) is 0. The number of alkyl halides is 3. The van der Waals surface area contributed by atoms with Gasteiger partial charge in [0.15, 0.2) is 0 Å². The van der Waals surface area contributed by atoms with Crippen LogP contribution in [0.3, 0.4) is 0 Å². The smallest absolute Gasteiger partial charge is 0.371 e. The summed E-state index contributed by atoms with van der Waals surface area (Å²) in [5.74, 6) is -0.211. The molecule has 0 saturated carbocycles. The first-order valence-corrected chi connectivity index (χ1v) is 11.2. The van der Waals surface area contributed by atoms with Gasteiger partial charge in [-0.05, 0) is 50.5 Å². The van der Waals surface area contributed by atoms with E-state index in [1.54, 1.807) is 6.07 Å². The molecule has 0 N–H and O–H groups in total. The van der Waals surface area contributed by atoms with Crippen molar-refractivity contribution in [2.24, 2.45) is 5.92 Å². The number of aromatic nitrogens is 2. The van der Waals surface area contributed by atoms with Crippen LogP contribution in [-0.2, 0) is 41.8 Å². The number of carbonyl (C=O) groups excluding carboxylic acids is 1. The Labute approximate surface area is 190 Å². The summed E-state index contributed by atoms with van der Waals surface area (Å²) >= 11 is 0. The Morgan fingerprint density at radius 3 is 2.76 bits per heavy atom. The maximum atomic E-state index is 13.4. The summed E-state index contributed by atoms with van der Waals surface area (Å²) < 4.78 is 45.1. The minimum atomic E-state index is -4.49. The second-order valence-corrected chi connectivity index (χ2v) is 9.83. The van der Waals surface area contributed by atoms with Gasteiger partial charge in [0.2, 0.25) is 5.91 Å². The van der Waals surface area contributed by atoms with E-state index in [1.165, 1.54) is 11.8 Å². The van der Waals surface area contributed by atoms with Gasteiger partial charge in [0, 0.05) is 49.2 Å². The van der Waals surface area contributed by atoms with Gasteiger partial charge in [-0.3, -0.25) is 14.8 Å². The van der Waals surface area contributed by atoms with E-state index < -0.39 is 11.9 Å². The van der Waals surface area contributed by atoms with Crippen molar-refractivity contribution in [2.75, 3.05) is 18.0 Å². The first-order valence-electron chi connectivity index (χ1n) is 11.2. The number of halogens is 3. The minimum Gasteiger partial charge on any atom is -0.371 e. The Balaban J connectivity index is 1.31. The van der Waals surface area contributed by atoms with Crippen LogP contribution in [-0.4, -0.2) is 39.5 Å². The average molecular weight is 461 g/mol. The molecule has 2 aromatic rings. The van der Waals surface area contributed by atoms with Crippen molar-refractivity contribution in [3.8, 4) is 0 Å². The molecule has 33 heavy (non-hydrogen) atoms. The van der Waals surface area contributed by atoms with E-state index in [9.17, 15) is 18.0 Å². The number of rotatable bonds is 2. The number of pyridine rings is 2. The lowest BCUT2D eigenvalue weighted by Crippen LogP contribution is -2.34. The normalized spacial score (nSPS) is 21.8. The molecule has 176 valence electrons. The SMILES string of the molecule is Cc1nc2c(c3c1COC(C)(C)C3)CN(C(=O)[C@@H]1CCN(c3ccnc(C(F)(F)F)c3)C1)C2. The third kappa shape index (κ3) is 4.07. The van der Waals surface area contributed by atoms with Crippen molar-refractivity contribution in [1.82, 2.24) is 14.9 Å². The monoisotopic (exact) mass is 460 g/mol. The van der Waals surface area contributed by atoms with Crippen LogP contribution in [0.15, 0.2) is 18.3 Å². The first-order chi connectivity index (χ1) is 15.5. The molecule has 1 saturated heterocycles. The topological polar surface area (TPSA) is 58.6 Å². The summed E-state index contributed by atoms with van der Waals surface area (Å²) in [6.45, 7) is 8.63. The van der Waals surface area contributed by atoms with Gasteiger partial charge in [-0.15, -0.1) is 0 Å². The van der Waals surface area contributed by atoms with E-state index in [-0.39, 0.29) is 17.4 Å². The zero-order valence-electron chi connectivity index (χ0n) is 19.0. The second-order valence-electron chi connectivity index (χ2n) is 9.83. The van der Waals surface area contributed by atoms with Crippen LogP contribution in [0, 0.1) is 12.8 Å². The van der Waals surface area contributed by atoms with Gasteiger partial charge in [0.05, 0.1) is 30.4 Å². The van der Waals surface area contributed by atoms with Gasteiger partial charge in [0.25, 0.3) is 0 Å². The average Bonchev–Trinajstić information content (AvgIpc) is 3.40. The number of anilines is 1. The molecule has 1 atom stereocenters. The fourth-order valence-corrected chi connectivity index (χ4v) is 5.19. The quantitative estimate of drug-likeness (QED) is 0.678. The minimum absolute atomic E-state index is 0.0401. The van der Waals surface area contributed by atoms with Crippen molar-refractivity contribution < 1.29 is 22.7 Å². The van der Waals surface area contributed by atoms with E-state index in [1.807, 2.05) is 16.7 Å². The molecule has 0 radical (unpaired) electrons. The fourth-order valence-electron chi connectivity index (χ4n) is 5.19. The molecule has 5 heterocycles. The van der Waals surface area contributed by atoms with Crippen LogP contribution >= 0.6 is 0 Å². The second kappa shape index (κ2) is 7.68. The summed E-state index contributed by atoms with van der Waals surface area (Å²) in [6.07, 6.45) is -1.92. The number of hydrogen-bond acceptors (Lipinski definition) is 5. The Morgan fingerprint density at radius 2 is 2.00 bits per heavy atom. The van der Waals surface area contributed by atoms with Crippen LogP contribution in [0.1, 0.15) is 54.0 Å². The summed E-state index contributed by atoms with van der Waals surface area (Å²) in [7, 11) is 0. The van der Waals surface area contributed by atoms with Crippen molar-refractivity contribution in [3.05, 3.63) is 52.1 Å². The van der Waals surface area contributed by atoms with Crippen molar-refractivity contribution in [1.29, 1.82) is 0 Å². The van der Waals surface area contributed by atoms with E-state index in [0.717, 1.165) is 35.0 Å². The Bertz CT molecular complexity index is 1120. The van der Waals surface area contributed by atoms with Gasteiger partial charge in [-0.1, -0.05) is 0 Å². The summed E-state index contributed by atoms with van der Waals surface area (Å²) in [6, 6.07) is 2.62. The Morgan fingerprint density at radius 1 is 1.21 bits per heavy atom. The van der Waals surface area contributed by atoms with Gasteiger partial charge in [-0.2, -0.15) is 13.2 Å². The zero-order chi connectivity index (χ0) is 23.5. The molecule has 1 fully saturated rings. The van der Waals surface area contributed by atoms with Gasteiger partial charge in [0.1, 0.15) is 5.69 Å². The first kappa shape index (κ1) is 22.1. The van der Waals surface area contributed by atoms with Crippen molar-refractivity contribution in [2.45, 2.75) is 65.1 Å². The lowest BCUT2D eigenvalue weighted by atomic mass is 9.88. The Kier molecular flexibility index (Phi) is 5.15. The maximum absolute atomic E-state index is 13.4. The Hall–Kier alpha value is -2.68. The summed E-state index contributed by atoms with van der Waals surface area (Å²) in [5.41, 5.74) is 4.72. The number of amides is 1. The highest BCUT2D eigenvalue weighted by Gasteiger charge is 2.39. The molecule has 2 aromatic heterocycles. The lowest BCUT2D eigenvalue weighted by molar-refractivity contribution is -0.141. The highest BCUT2D eigenvalue weighted by Crippen LogP contribution is 2.37. The standard InChI is InChI=1S/C24H27F3N4O2/c1-14-19-13-33-23(2,3)9-17(19)18-11-31(12-20(18)29-14)22(32)15-5-7-30(10-15)16-4-6-28-21(8-16)24(25,26)27/h4,6,8,15H,5,7,9-13H2,1-3H3/t15-/m1/s1. The third-order valence-electron chi connectivity index (χ3n) is 6.96. The van der Waals surface area contributed by atoms with Crippen molar-refractivity contribution >= 4 is 11.6 Å². The van der Waals surface area contributed by atoms with E-state index in [4.69, 9.17) is 9.72 Å². The van der Waals surface area contributed by atoms with Gasteiger partial charge >= 0.3 is 6.18 Å². The molecule has 3 aliphatic heterocycles. The van der Waals surface area contributed by atoms with Crippen LogP contribution in [0.5, 0.6) is 0 Å². The number of carbonyl (C=O) groups is 1. The number of fused-ring (bicyclic) bond motifs is 3. The molecule has 9 heteroatoms. The highest BCUT2D eigenvalue weighted by molar-refractivity contribution is 5.81. The molecule has 1 amide bonds. The maximum Gasteiger partial charge on any atom is 0.433 e. The molecule has 0 spiro atoms. The number of ether oxygens (including phenoxy) is 1. The summed E-state index contributed by atoms with van der Waals surface area (Å²) in [4.78, 5) is 25.2. The van der Waals surface area contributed by atoms with Crippen LogP contribution in [0.4, 0.5) is 18.9 Å². The fraction of sp³-hybridized carbons (Fsp3) is 0.542. The molecule has 0 aromatic carbocycles. The highest BCUT2D eigenvalue weighted by atomic mass is 19.4. The number of nitrogens with zero attached hydrogens (tertiary/aromatic N) is 4. The van der Waals surface area contributed by atoms with Crippen LogP contribution < -0.4 is 4.90 Å². The van der Waals surface area contributed by atoms with E-state index in [2.05, 4.69) is 18.8 Å². The predicted molar refractivity (Wildman–Crippen MR) is 115 cm³/mol. The molecule has 0 unspecified atom stereocenters. The van der Waals surface area contributed by atoms with Gasteiger partial charge < -0.3 is 14.5 Å². The largest absolute Gasteiger partial charge is 0.433 e. The molecular weight excluding hydrogens is 433 g/mol. The zero-order valence-corrected chi connectivity index (χ0v) is 19.0. The molecule has 5 rings (SSSR count). The van der Waals surface area contributed by atoms with Crippen LogP contribution in [0.2, 0.25) is 0 Å². The molecule has 6 nitrogen and oxygen atoms in total. The van der Waals surface area contributed by atoms with Crippen LogP contribution in [0.25, 0.3) is 0 Å². The molecular formula is C24H27F3N4O2. The van der Waals surface area contributed by atoms with Crippen molar-refractivity contribution in [3.63, 3.8) is 0 Å². The summed E-state index contributed by atoms with van der Waals surface area (Å²) in [5, 5.41) is 0. The predicted octanol–water partition coefficient (Wildman–Crippen LogP) is 4.02. The third-order valence-corrected chi connectivity index (χ3v) is 6.96. The van der Waals surface area contributed by atoms with E-state index >= 15 is 0 Å². The van der Waals surface area contributed by atoms with E-state index in [0.29, 0.717) is 44.9 Å². The lowest BCUT2D eigenvalue weighted by Gasteiger charge is -2.33. The van der Waals surface area contributed by atoms with Gasteiger partial charge in [-0.25, -0.2) is 0 Å². The molecule has 0 aliphatic carbocycles. The molecule has 3 aliphatic rings.